The van der Waals surface area contributed by atoms with E-state index in [1.807, 2.05) is 6.92 Å². The van der Waals surface area contributed by atoms with Crippen LogP contribution in [-0.2, 0) is 14.0 Å². The van der Waals surface area contributed by atoms with Crippen molar-refractivity contribution < 1.29 is 19.1 Å². The van der Waals surface area contributed by atoms with Gasteiger partial charge in [0, 0.05) is 28.7 Å². The van der Waals surface area contributed by atoms with E-state index in [-0.39, 0.29) is 23.8 Å². The number of aromatic nitrogens is 2. The van der Waals surface area contributed by atoms with E-state index >= 15 is 0 Å². The molecule has 10 nitrogen and oxygen atoms in total. The molecule has 0 aliphatic heterocycles. The number of aromatic hydroxyl groups is 1. The largest absolute Gasteiger partial charge is 0.505 e. The molecule has 0 unspecified atom stereocenters. The highest BCUT2D eigenvalue weighted by Gasteiger charge is 2.16. The minimum Gasteiger partial charge on any atom is -0.505 e. The number of benzene rings is 2. The van der Waals surface area contributed by atoms with Gasteiger partial charge in [-0.2, -0.15) is 9.36 Å². The Morgan fingerprint density at radius 3 is 2.87 bits per heavy atom. The number of nitrogens with zero attached hydrogens (tertiary/aromatic N) is 4. The predicted molar refractivity (Wildman–Crippen MR) is 124 cm³/mol. The number of azo groups is 1. The number of carbonyl (C=O) groups excluding carboxylic acids is 1. The highest BCUT2D eigenvalue weighted by atomic mass is 32.2. The molecule has 13 heteroatoms. The molecule has 3 N–H and O–H groups in total. The smallest absolute Gasteiger partial charge is 0.250 e. The highest BCUT2D eigenvalue weighted by Crippen LogP contribution is 2.44. The Morgan fingerprint density at radius 1 is 1.29 bits per heavy atom. The normalized spacial score (nSPS) is 11.3. The maximum atomic E-state index is 11.9. The third kappa shape index (κ3) is 5.83. The molecule has 1 amide bonds. The Hall–Kier alpha value is -2.45. The third-order valence-electron chi connectivity index (χ3n) is 3.87. The van der Waals surface area contributed by atoms with Gasteiger partial charge in [-0.25, -0.2) is 4.89 Å². The third-order valence-corrected chi connectivity index (χ3v) is 5.83. The van der Waals surface area contributed by atoms with E-state index in [0.29, 0.717) is 32.4 Å². The van der Waals surface area contributed by atoms with Crippen molar-refractivity contribution in [2.45, 2.75) is 25.4 Å². The number of hydrogen-bond acceptors (Lipinski definition) is 12. The van der Waals surface area contributed by atoms with Crippen LogP contribution in [0.4, 0.5) is 22.2 Å². The summed E-state index contributed by atoms with van der Waals surface area (Å²) in [7, 11) is 1.39. The summed E-state index contributed by atoms with van der Waals surface area (Å²) in [6, 6.07) is 6.82. The van der Waals surface area contributed by atoms with Crippen molar-refractivity contribution >= 4 is 74.4 Å². The van der Waals surface area contributed by atoms with Gasteiger partial charge >= 0.3 is 0 Å². The lowest BCUT2D eigenvalue weighted by atomic mass is 10.0. The summed E-state index contributed by atoms with van der Waals surface area (Å²) in [6.45, 7) is 3.74. The fourth-order valence-electron chi connectivity index (χ4n) is 2.57. The molecule has 1 heterocycles. The maximum Gasteiger partial charge on any atom is 0.250 e. The molecule has 0 saturated heterocycles. The van der Waals surface area contributed by atoms with Crippen LogP contribution in [0.5, 0.6) is 5.75 Å². The Morgan fingerprint density at radius 2 is 2.13 bits per heavy atom. The van der Waals surface area contributed by atoms with Crippen LogP contribution < -0.4 is 10.0 Å². The van der Waals surface area contributed by atoms with Gasteiger partial charge in [-0.15, -0.1) is 14.6 Å². The zero-order chi connectivity index (χ0) is 22.2. The van der Waals surface area contributed by atoms with Crippen molar-refractivity contribution in [1.82, 2.24) is 9.36 Å². The summed E-state index contributed by atoms with van der Waals surface area (Å²) in [5.74, 6) is 0.544. The van der Waals surface area contributed by atoms with Crippen LogP contribution in [0.3, 0.4) is 0 Å². The molecule has 0 saturated carbocycles. The lowest BCUT2D eigenvalue weighted by Crippen LogP contribution is -2.09. The molecule has 0 aliphatic carbocycles. The van der Waals surface area contributed by atoms with E-state index in [4.69, 9.17) is 4.33 Å². The van der Waals surface area contributed by atoms with Crippen molar-refractivity contribution in [2.75, 3.05) is 22.9 Å². The summed E-state index contributed by atoms with van der Waals surface area (Å²) < 4.78 is 12.0. The Bertz CT molecular complexity index is 1090. The fourth-order valence-corrected chi connectivity index (χ4v) is 4.13. The molecular weight excluding hydrogens is 460 g/mol. The zero-order valence-corrected chi connectivity index (χ0v) is 19.4. The molecule has 3 aromatic rings. The molecule has 0 spiro atoms. The molecular formula is C18H20N6O4S3. The number of amides is 1. The first-order valence-electron chi connectivity index (χ1n) is 9.16. The second kappa shape index (κ2) is 11.2. The van der Waals surface area contributed by atoms with E-state index in [0.717, 1.165) is 29.5 Å². The molecule has 0 fully saturated rings. The monoisotopic (exact) mass is 480 g/mol. The van der Waals surface area contributed by atoms with Crippen LogP contribution in [0.1, 0.15) is 20.3 Å². The molecule has 0 atom stereocenters. The lowest BCUT2D eigenvalue weighted by molar-refractivity contribution is -0.159. The average molecular weight is 481 g/mol. The number of rotatable bonds is 10. The van der Waals surface area contributed by atoms with Crippen LogP contribution in [-0.4, -0.2) is 33.2 Å². The number of phenolic OH excluding ortho intramolecular Hbond substituents is 1. The van der Waals surface area contributed by atoms with Crippen molar-refractivity contribution in [2.24, 2.45) is 10.2 Å². The number of nitrogens with one attached hydrogen (secondary N) is 2. The summed E-state index contributed by atoms with van der Waals surface area (Å²) in [5, 5.41) is 24.1. The number of fused-ring (bicyclic) bond motifs is 1. The molecule has 0 aliphatic rings. The van der Waals surface area contributed by atoms with E-state index in [2.05, 4.69) is 34.5 Å². The molecule has 31 heavy (non-hydrogen) atoms. The van der Waals surface area contributed by atoms with Gasteiger partial charge in [0.25, 0.3) is 0 Å². The van der Waals surface area contributed by atoms with E-state index < -0.39 is 0 Å². The first kappa shape index (κ1) is 23.2. The standard InChI is InChI=1S/C18H20N6O4S3/c1-4-14(25)19-13-9-12(21-22-17-20-18(24-30-17)29-5-2)15-10(16(13)26)7-6-8-11(15)23-31-28-27-3/h6-9,23,26H,4-5H2,1-3H3,(H,19,25). The first-order valence-corrected chi connectivity index (χ1v) is 11.7. The van der Waals surface area contributed by atoms with Gasteiger partial charge < -0.3 is 15.1 Å². The summed E-state index contributed by atoms with van der Waals surface area (Å²) in [4.78, 5) is 20.8. The Balaban J connectivity index is 2.08. The Kier molecular flexibility index (Phi) is 8.43. The number of phenols is 1. The van der Waals surface area contributed by atoms with Crippen molar-refractivity contribution in [3.8, 4) is 5.75 Å². The van der Waals surface area contributed by atoms with Crippen LogP contribution in [0.15, 0.2) is 39.7 Å². The molecule has 0 radical (unpaired) electrons. The van der Waals surface area contributed by atoms with Gasteiger partial charge in [0.1, 0.15) is 18.0 Å². The number of thioether (sulfide) groups is 1. The molecule has 0 bridgehead atoms. The number of carbonyl (C=O) groups is 1. The zero-order valence-electron chi connectivity index (χ0n) is 16.9. The number of anilines is 2. The lowest BCUT2D eigenvalue weighted by Gasteiger charge is -2.14. The highest BCUT2D eigenvalue weighted by molar-refractivity contribution is 7.99. The maximum absolute atomic E-state index is 11.9. The summed E-state index contributed by atoms with van der Waals surface area (Å²) >= 11 is 3.51. The summed E-state index contributed by atoms with van der Waals surface area (Å²) in [5.41, 5.74) is 1.27. The van der Waals surface area contributed by atoms with E-state index in [1.54, 1.807) is 31.2 Å². The molecule has 2 aromatic carbocycles. The molecule has 3 rings (SSSR count). The minimum atomic E-state index is -0.235. The van der Waals surface area contributed by atoms with Crippen molar-refractivity contribution in [1.29, 1.82) is 0 Å². The van der Waals surface area contributed by atoms with Gasteiger partial charge in [0.05, 0.1) is 24.2 Å². The number of hydrogen-bond donors (Lipinski definition) is 3. The molecule has 164 valence electrons. The second-order valence-electron chi connectivity index (χ2n) is 5.83. The molecule has 1 aromatic heterocycles. The van der Waals surface area contributed by atoms with Gasteiger partial charge in [0.15, 0.2) is 0 Å². The van der Waals surface area contributed by atoms with Gasteiger partial charge in [-0.3, -0.25) is 4.79 Å². The predicted octanol–water partition coefficient (Wildman–Crippen LogP) is 5.83. The quantitative estimate of drug-likeness (QED) is 0.0479. The van der Waals surface area contributed by atoms with Gasteiger partial charge in [-0.1, -0.05) is 37.7 Å². The van der Waals surface area contributed by atoms with E-state index in [1.165, 1.54) is 18.9 Å². The topological polar surface area (TPSA) is 130 Å². The van der Waals surface area contributed by atoms with Gasteiger partial charge in [0.2, 0.25) is 16.2 Å². The Labute approximate surface area is 191 Å². The van der Waals surface area contributed by atoms with Gasteiger partial charge in [-0.05, 0) is 17.9 Å². The van der Waals surface area contributed by atoms with E-state index in [9.17, 15) is 9.90 Å². The summed E-state index contributed by atoms with van der Waals surface area (Å²) in [6.07, 6.45) is 0.267. The fraction of sp³-hybridized carbons (Fsp3) is 0.278. The van der Waals surface area contributed by atoms with Crippen LogP contribution in [0, 0.1) is 0 Å². The van der Waals surface area contributed by atoms with Crippen LogP contribution >= 0.6 is 35.5 Å². The second-order valence-corrected chi connectivity index (χ2v) is 8.30. The first-order chi connectivity index (χ1) is 15.1. The SMILES string of the molecule is CCSc1nsc(N=Nc2cc(NC(=O)CC)c(O)c3cccc(NSOOC)c23)n1. The van der Waals surface area contributed by atoms with Crippen LogP contribution in [0.25, 0.3) is 10.8 Å². The van der Waals surface area contributed by atoms with Crippen LogP contribution in [0.2, 0.25) is 0 Å². The average Bonchev–Trinajstić information content (AvgIpc) is 3.22. The van der Waals surface area contributed by atoms with Crippen molar-refractivity contribution in [3.63, 3.8) is 0 Å². The van der Waals surface area contributed by atoms with Crippen molar-refractivity contribution in [3.05, 3.63) is 24.3 Å². The minimum absolute atomic E-state index is 0.0744.